The fraction of sp³-hybridized carbons (Fsp3) is 0.250. The maximum Gasteiger partial charge on any atom is 0.408 e. The van der Waals surface area contributed by atoms with Crippen molar-refractivity contribution in [1.82, 2.24) is 20.3 Å². The van der Waals surface area contributed by atoms with Crippen molar-refractivity contribution in [3.8, 4) is 22.4 Å². The van der Waals surface area contributed by atoms with Crippen LogP contribution in [0.3, 0.4) is 0 Å². The maximum atomic E-state index is 12.7. The van der Waals surface area contributed by atoms with Gasteiger partial charge in [0.1, 0.15) is 24.3 Å². The number of anilines is 2. The van der Waals surface area contributed by atoms with Crippen LogP contribution >= 0.6 is 15.9 Å². The van der Waals surface area contributed by atoms with E-state index in [1.54, 1.807) is 20.8 Å². The third-order valence-corrected chi connectivity index (χ3v) is 5.96. The Balaban J connectivity index is 1.73. The molecule has 0 saturated heterocycles. The van der Waals surface area contributed by atoms with E-state index < -0.39 is 17.6 Å². The van der Waals surface area contributed by atoms with Gasteiger partial charge < -0.3 is 20.3 Å². The molecule has 10 heteroatoms. The average molecular weight is 577 g/mol. The molecule has 2 aromatic carbocycles. The van der Waals surface area contributed by atoms with Gasteiger partial charge in [-0.15, -0.1) is 0 Å². The average Bonchev–Trinajstić information content (AvgIpc) is 2.86. The predicted octanol–water partition coefficient (Wildman–Crippen LogP) is 5.65. The minimum atomic E-state index is -0.679. The summed E-state index contributed by atoms with van der Waals surface area (Å²) in [6, 6.07) is 17.9. The summed E-state index contributed by atoms with van der Waals surface area (Å²) >= 11 is 3.55. The number of hydrogen-bond acceptors (Lipinski definition) is 7. The number of carbonyl (C=O) groups excluding carboxylic acids is 2. The number of benzene rings is 2. The molecule has 196 valence electrons. The molecular formula is C28H29BrN6O3. The summed E-state index contributed by atoms with van der Waals surface area (Å²) in [6.45, 7) is 4.97. The first-order valence-electron chi connectivity index (χ1n) is 12.0. The number of pyridine rings is 1. The Morgan fingerprint density at radius 3 is 2.39 bits per heavy atom. The molecule has 0 spiro atoms. The van der Waals surface area contributed by atoms with Gasteiger partial charge in [-0.25, -0.2) is 19.7 Å². The topological polar surface area (TPSA) is 109 Å². The zero-order valence-corrected chi connectivity index (χ0v) is 23.5. The zero-order valence-electron chi connectivity index (χ0n) is 21.9. The minimum Gasteiger partial charge on any atom is -0.444 e. The van der Waals surface area contributed by atoms with Crippen molar-refractivity contribution in [3.05, 3.63) is 65.4 Å². The third-order valence-electron chi connectivity index (χ3n) is 5.47. The first-order valence-corrected chi connectivity index (χ1v) is 12.8. The molecule has 0 saturated carbocycles. The van der Waals surface area contributed by atoms with Crippen molar-refractivity contribution in [2.45, 2.75) is 26.4 Å². The summed E-state index contributed by atoms with van der Waals surface area (Å²) in [5.74, 6) is -0.164. The van der Waals surface area contributed by atoms with E-state index in [1.807, 2.05) is 73.6 Å². The van der Waals surface area contributed by atoms with Gasteiger partial charge >= 0.3 is 6.09 Å². The van der Waals surface area contributed by atoms with Crippen LogP contribution in [0.4, 0.5) is 16.3 Å². The second kappa shape index (κ2) is 11.1. The number of rotatable bonds is 6. The first-order chi connectivity index (χ1) is 18.0. The van der Waals surface area contributed by atoms with Crippen LogP contribution in [0, 0.1) is 0 Å². The van der Waals surface area contributed by atoms with Crippen LogP contribution in [0.1, 0.15) is 20.8 Å². The molecule has 0 atom stereocenters. The molecule has 9 nitrogen and oxygen atoms in total. The molecule has 0 aliphatic heterocycles. The highest BCUT2D eigenvalue weighted by Crippen LogP contribution is 2.35. The van der Waals surface area contributed by atoms with Crippen molar-refractivity contribution < 1.29 is 14.3 Å². The number of ether oxygens (including phenoxy) is 1. The lowest BCUT2D eigenvalue weighted by Crippen LogP contribution is -2.37. The van der Waals surface area contributed by atoms with Crippen LogP contribution in [-0.2, 0) is 9.53 Å². The normalized spacial score (nSPS) is 11.2. The Kier molecular flexibility index (Phi) is 7.91. The van der Waals surface area contributed by atoms with Crippen LogP contribution < -0.4 is 15.5 Å². The maximum absolute atomic E-state index is 12.7. The summed E-state index contributed by atoms with van der Waals surface area (Å²) < 4.78 is 6.10. The molecule has 0 aliphatic carbocycles. The lowest BCUT2D eigenvalue weighted by molar-refractivity contribution is -0.115. The summed E-state index contributed by atoms with van der Waals surface area (Å²) in [4.78, 5) is 40.3. The van der Waals surface area contributed by atoms with Gasteiger partial charge in [0.05, 0.1) is 11.1 Å². The van der Waals surface area contributed by atoms with Crippen molar-refractivity contribution in [3.63, 3.8) is 0 Å². The van der Waals surface area contributed by atoms with Crippen molar-refractivity contribution in [1.29, 1.82) is 0 Å². The smallest absolute Gasteiger partial charge is 0.408 e. The van der Waals surface area contributed by atoms with E-state index >= 15 is 0 Å². The Labute approximate surface area is 229 Å². The quantitative estimate of drug-likeness (QED) is 0.305. The van der Waals surface area contributed by atoms with Crippen LogP contribution in [0.5, 0.6) is 0 Å². The highest BCUT2D eigenvalue weighted by molar-refractivity contribution is 9.10. The lowest BCUT2D eigenvalue weighted by atomic mass is 9.99. The standard InChI is InChI=1S/C28H29BrN6O3/c1-28(2,3)38-27(37)30-15-23(36)34-26-24-21(18-7-6-8-19(29)13-18)14-22(33-25(24)31-16-32-26)17-9-11-20(12-10-17)35(4)5/h6-14,16H,15H2,1-5H3,(H,30,37)(H,31,32,33,34,36). The van der Waals surface area contributed by atoms with Gasteiger partial charge in [0.2, 0.25) is 5.91 Å². The monoisotopic (exact) mass is 576 g/mol. The van der Waals surface area contributed by atoms with Gasteiger partial charge in [-0.1, -0.05) is 40.2 Å². The number of nitrogens with zero attached hydrogens (tertiary/aromatic N) is 4. The lowest BCUT2D eigenvalue weighted by Gasteiger charge is -2.19. The van der Waals surface area contributed by atoms with E-state index in [-0.39, 0.29) is 6.54 Å². The zero-order chi connectivity index (χ0) is 27.4. The summed E-state index contributed by atoms with van der Waals surface area (Å²) in [5, 5.41) is 5.84. The molecular weight excluding hydrogens is 548 g/mol. The molecule has 2 amide bonds. The summed E-state index contributed by atoms with van der Waals surface area (Å²) in [6.07, 6.45) is 0.678. The van der Waals surface area contributed by atoms with Gasteiger partial charge in [-0.05, 0) is 62.2 Å². The van der Waals surface area contributed by atoms with Crippen molar-refractivity contribution in [2.75, 3.05) is 30.9 Å². The molecule has 2 N–H and O–H groups in total. The first kappa shape index (κ1) is 27.0. The molecule has 2 aromatic heterocycles. The number of aromatic nitrogens is 3. The number of carbonyl (C=O) groups is 2. The molecule has 0 fully saturated rings. The number of halogens is 1. The fourth-order valence-electron chi connectivity index (χ4n) is 3.76. The molecule has 4 rings (SSSR count). The summed E-state index contributed by atoms with van der Waals surface area (Å²) in [5.41, 5.74) is 4.21. The SMILES string of the molecule is CN(C)c1ccc(-c2cc(-c3cccc(Br)c3)c3c(NC(=O)CNC(=O)OC(C)(C)C)ncnc3n2)cc1. The van der Waals surface area contributed by atoms with E-state index in [0.29, 0.717) is 16.9 Å². The summed E-state index contributed by atoms with van der Waals surface area (Å²) in [7, 11) is 3.98. The molecule has 38 heavy (non-hydrogen) atoms. The Morgan fingerprint density at radius 1 is 1.00 bits per heavy atom. The second-order valence-corrected chi connectivity index (χ2v) is 10.7. The van der Waals surface area contributed by atoms with Gasteiger partial charge in [-0.3, -0.25) is 4.79 Å². The van der Waals surface area contributed by atoms with Crippen LogP contribution in [0.25, 0.3) is 33.4 Å². The fourth-order valence-corrected chi connectivity index (χ4v) is 4.16. The Bertz CT molecular complexity index is 1480. The number of alkyl carbamates (subject to hydrolysis) is 1. The number of fused-ring (bicyclic) bond motifs is 1. The molecule has 0 aliphatic rings. The second-order valence-electron chi connectivity index (χ2n) is 9.83. The van der Waals surface area contributed by atoms with E-state index in [0.717, 1.165) is 32.5 Å². The molecule has 4 aromatic rings. The highest BCUT2D eigenvalue weighted by Gasteiger charge is 2.19. The van der Waals surface area contributed by atoms with Crippen LogP contribution in [-0.4, -0.2) is 53.2 Å². The van der Waals surface area contributed by atoms with Gasteiger partial charge in [0.15, 0.2) is 5.65 Å². The number of amides is 2. The largest absolute Gasteiger partial charge is 0.444 e. The predicted molar refractivity (Wildman–Crippen MR) is 153 cm³/mol. The van der Waals surface area contributed by atoms with Gasteiger partial charge in [-0.2, -0.15) is 0 Å². The van der Waals surface area contributed by atoms with Gasteiger partial charge in [0, 0.05) is 29.8 Å². The Hall–Kier alpha value is -4.05. The van der Waals surface area contributed by atoms with E-state index in [9.17, 15) is 9.59 Å². The number of nitrogens with one attached hydrogen (secondary N) is 2. The van der Waals surface area contributed by atoms with Crippen molar-refractivity contribution >= 4 is 50.5 Å². The molecule has 0 unspecified atom stereocenters. The van der Waals surface area contributed by atoms with E-state index in [1.165, 1.54) is 6.33 Å². The van der Waals surface area contributed by atoms with E-state index in [4.69, 9.17) is 9.72 Å². The molecule has 0 bridgehead atoms. The highest BCUT2D eigenvalue weighted by atomic mass is 79.9. The van der Waals surface area contributed by atoms with Crippen LogP contribution in [0.15, 0.2) is 65.4 Å². The Morgan fingerprint density at radius 2 is 1.74 bits per heavy atom. The van der Waals surface area contributed by atoms with Gasteiger partial charge in [0.25, 0.3) is 0 Å². The van der Waals surface area contributed by atoms with Crippen LogP contribution in [0.2, 0.25) is 0 Å². The van der Waals surface area contributed by atoms with E-state index in [2.05, 4.69) is 36.5 Å². The molecule has 0 radical (unpaired) electrons. The minimum absolute atomic E-state index is 0.281. The number of hydrogen-bond donors (Lipinski definition) is 2. The van der Waals surface area contributed by atoms with Crippen molar-refractivity contribution in [2.24, 2.45) is 0 Å². The third kappa shape index (κ3) is 6.63. The molecule has 2 heterocycles.